The van der Waals surface area contributed by atoms with E-state index >= 15 is 0 Å². The van der Waals surface area contributed by atoms with Crippen molar-refractivity contribution in [3.8, 4) is 0 Å². The van der Waals surface area contributed by atoms with Gasteiger partial charge >= 0.3 is 5.97 Å². The van der Waals surface area contributed by atoms with Crippen LogP contribution in [-0.4, -0.2) is 17.1 Å². The SMILES string of the molecule is CCOC(=O)C1=C(C)N=c2sc(=Cc3ccccc3)c(=O)n2C1c1ccccc1Cl. The minimum atomic E-state index is -0.702. The number of halogens is 1. The molecule has 1 aliphatic heterocycles. The minimum absolute atomic E-state index is 0.221. The maximum atomic E-state index is 13.4. The van der Waals surface area contributed by atoms with Crippen LogP contribution < -0.4 is 14.9 Å². The Hall–Kier alpha value is -2.96. The van der Waals surface area contributed by atoms with Gasteiger partial charge < -0.3 is 4.74 Å². The first-order valence-electron chi connectivity index (χ1n) is 9.50. The number of carbonyl (C=O) groups is 1. The molecule has 2 heterocycles. The average Bonchev–Trinajstić information content (AvgIpc) is 3.03. The van der Waals surface area contributed by atoms with Gasteiger partial charge in [0.1, 0.15) is 6.04 Å². The number of nitrogens with zero attached hydrogens (tertiary/aromatic N) is 2. The summed E-state index contributed by atoms with van der Waals surface area (Å²) in [5.41, 5.74) is 2.19. The molecular weight excluding hydrogens is 420 g/mol. The molecule has 0 spiro atoms. The third-order valence-electron chi connectivity index (χ3n) is 4.81. The van der Waals surface area contributed by atoms with Gasteiger partial charge in [0.15, 0.2) is 4.80 Å². The van der Waals surface area contributed by atoms with E-state index in [1.165, 1.54) is 11.3 Å². The van der Waals surface area contributed by atoms with Crippen molar-refractivity contribution in [2.75, 3.05) is 6.61 Å². The number of aromatic nitrogens is 1. The van der Waals surface area contributed by atoms with E-state index in [4.69, 9.17) is 16.3 Å². The molecule has 0 fully saturated rings. The number of rotatable bonds is 4. The predicted octanol–water partition coefficient (Wildman–Crippen LogP) is 3.45. The van der Waals surface area contributed by atoms with E-state index in [0.717, 1.165) is 5.56 Å². The van der Waals surface area contributed by atoms with E-state index in [9.17, 15) is 9.59 Å². The summed E-state index contributed by atoms with van der Waals surface area (Å²) >= 11 is 7.77. The van der Waals surface area contributed by atoms with Crippen molar-refractivity contribution < 1.29 is 9.53 Å². The fraction of sp³-hybridized carbons (Fsp3) is 0.174. The Balaban J connectivity index is 1.99. The van der Waals surface area contributed by atoms with Crippen LogP contribution in [0.3, 0.4) is 0 Å². The second-order valence-corrected chi connectivity index (χ2v) is 8.15. The molecule has 0 N–H and O–H groups in total. The van der Waals surface area contributed by atoms with Crippen LogP contribution in [-0.2, 0) is 9.53 Å². The van der Waals surface area contributed by atoms with Crippen LogP contribution in [0.5, 0.6) is 0 Å². The van der Waals surface area contributed by atoms with Crippen molar-refractivity contribution in [2.24, 2.45) is 4.99 Å². The highest BCUT2D eigenvalue weighted by Gasteiger charge is 2.34. The zero-order valence-corrected chi connectivity index (χ0v) is 18.0. The lowest BCUT2D eigenvalue weighted by molar-refractivity contribution is -0.139. The molecule has 4 rings (SSSR count). The normalized spacial score (nSPS) is 16.2. The number of hydrogen-bond donors (Lipinski definition) is 0. The topological polar surface area (TPSA) is 60.7 Å². The fourth-order valence-electron chi connectivity index (χ4n) is 3.48. The summed E-state index contributed by atoms with van der Waals surface area (Å²) in [4.78, 5) is 31.3. The van der Waals surface area contributed by atoms with Crippen molar-refractivity contribution in [1.29, 1.82) is 0 Å². The Bertz CT molecular complexity index is 1320. The summed E-state index contributed by atoms with van der Waals surface area (Å²) in [5, 5.41) is 0.469. The molecule has 5 nitrogen and oxygen atoms in total. The number of thiazole rings is 1. The quantitative estimate of drug-likeness (QED) is 0.586. The van der Waals surface area contributed by atoms with Crippen LogP contribution in [0.2, 0.25) is 5.02 Å². The maximum absolute atomic E-state index is 13.4. The second-order valence-electron chi connectivity index (χ2n) is 6.73. The summed E-state index contributed by atoms with van der Waals surface area (Å²) in [6.45, 7) is 3.72. The van der Waals surface area contributed by atoms with E-state index in [1.54, 1.807) is 24.5 Å². The molecule has 2 aromatic carbocycles. The molecule has 152 valence electrons. The lowest BCUT2D eigenvalue weighted by Crippen LogP contribution is -2.40. The summed E-state index contributed by atoms with van der Waals surface area (Å²) < 4.78 is 7.36. The van der Waals surface area contributed by atoms with Gasteiger partial charge in [-0.05, 0) is 37.1 Å². The van der Waals surface area contributed by atoms with Gasteiger partial charge in [0.2, 0.25) is 0 Å². The number of carbonyl (C=O) groups excluding carboxylic acids is 1. The van der Waals surface area contributed by atoms with Crippen LogP contribution in [0.1, 0.15) is 31.0 Å². The third-order valence-corrected chi connectivity index (χ3v) is 6.14. The zero-order valence-electron chi connectivity index (χ0n) is 16.5. The molecule has 1 aliphatic rings. The van der Waals surface area contributed by atoms with E-state index < -0.39 is 12.0 Å². The molecule has 0 saturated carbocycles. The largest absolute Gasteiger partial charge is 0.463 e. The Morgan fingerprint density at radius 1 is 1.20 bits per heavy atom. The molecule has 3 aromatic rings. The summed E-state index contributed by atoms with van der Waals surface area (Å²) in [7, 11) is 0. The lowest BCUT2D eigenvalue weighted by atomic mass is 9.96. The summed E-state index contributed by atoms with van der Waals surface area (Å²) in [6.07, 6.45) is 1.83. The summed E-state index contributed by atoms with van der Waals surface area (Å²) in [5.74, 6) is -0.499. The molecule has 30 heavy (non-hydrogen) atoms. The first-order chi connectivity index (χ1) is 14.5. The van der Waals surface area contributed by atoms with Gasteiger partial charge in [-0.1, -0.05) is 71.5 Å². The van der Waals surface area contributed by atoms with Gasteiger partial charge in [-0.15, -0.1) is 0 Å². The van der Waals surface area contributed by atoms with E-state index in [-0.39, 0.29) is 12.2 Å². The number of allylic oxidation sites excluding steroid dienone is 1. The molecule has 0 bridgehead atoms. The van der Waals surface area contributed by atoms with Crippen molar-refractivity contribution in [1.82, 2.24) is 4.57 Å². The highest BCUT2D eigenvalue weighted by molar-refractivity contribution is 7.07. The van der Waals surface area contributed by atoms with Crippen LogP contribution in [0.4, 0.5) is 0 Å². The molecule has 1 atom stereocenters. The highest BCUT2D eigenvalue weighted by Crippen LogP contribution is 2.34. The number of hydrogen-bond acceptors (Lipinski definition) is 5. The number of benzene rings is 2. The second kappa shape index (κ2) is 8.42. The van der Waals surface area contributed by atoms with Crippen molar-refractivity contribution in [3.05, 3.63) is 102 Å². The Morgan fingerprint density at radius 2 is 1.90 bits per heavy atom. The number of esters is 1. The monoisotopic (exact) mass is 438 g/mol. The Morgan fingerprint density at radius 3 is 2.60 bits per heavy atom. The smallest absolute Gasteiger partial charge is 0.338 e. The van der Waals surface area contributed by atoms with Gasteiger partial charge in [0.05, 0.1) is 22.4 Å². The van der Waals surface area contributed by atoms with Crippen LogP contribution in [0, 0.1) is 0 Å². The van der Waals surface area contributed by atoms with Crippen LogP contribution >= 0.6 is 22.9 Å². The third kappa shape index (κ3) is 3.64. The van der Waals surface area contributed by atoms with Gasteiger partial charge in [0.25, 0.3) is 5.56 Å². The predicted molar refractivity (Wildman–Crippen MR) is 118 cm³/mol. The van der Waals surface area contributed by atoms with Crippen LogP contribution in [0.15, 0.2) is 75.7 Å². The standard InChI is InChI=1S/C23H19ClN2O3S/c1-3-29-22(28)19-14(2)25-23-26(20(19)16-11-7-8-12-17(16)24)21(27)18(30-23)13-15-9-5-4-6-10-15/h4-13,20H,3H2,1-2H3. The average molecular weight is 439 g/mol. The lowest BCUT2D eigenvalue weighted by Gasteiger charge is -2.25. The highest BCUT2D eigenvalue weighted by atomic mass is 35.5. The van der Waals surface area contributed by atoms with Crippen molar-refractivity contribution >= 4 is 35.0 Å². The minimum Gasteiger partial charge on any atom is -0.463 e. The molecule has 0 saturated heterocycles. The van der Waals surface area contributed by atoms with Gasteiger partial charge in [-0.25, -0.2) is 9.79 Å². The molecule has 7 heteroatoms. The zero-order chi connectivity index (χ0) is 21.3. The first-order valence-corrected chi connectivity index (χ1v) is 10.7. The molecule has 0 aliphatic carbocycles. The fourth-order valence-corrected chi connectivity index (χ4v) is 4.77. The van der Waals surface area contributed by atoms with Crippen molar-refractivity contribution in [3.63, 3.8) is 0 Å². The molecule has 1 unspecified atom stereocenters. The molecule has 0 radical (unpaired) electrons. The Kier molecular flexibility index (Phi) is 5.70. The molecule has 0 amide bonds. The van der Waals surface area contributed by atoms with E-state index in [2.05, 4.69) is 4.99 Å². The van der Waals surface area contributed by atoms with E-state index in [1.807, 2.05) is 54.6 Å². The maximum Gasteiger partial charge on any atom is 0.338 e. The Labute approximate surface area is 182 Å². The van der Waals surface area contributed by atoms with Crippen molar-refractivity contribution in [2.45, 2.75) is 19.9 Å². The summed E-state index contributed by atoms with van der Waals surface area (Å²) in [6, 6.07) is 16.1. The number of fused-ring (bicyclic) bond motifs is 1. The molecular formula is C23H19ClN2O3S. The van der Waals surface area contributed by atoms with Gasteiger partial charge in [0, 0.05) is 5.02 Å². The number of ether oxygens (including phenoxy) is 1. The van der Waals surface area contributed by atoms with E-state index in [0.29, 0.717) is 31.2 Å². The molecule has 1 aromatic heterocycles. The van der Waals surface area contributed by atoms with Gasteiger partial charge in [-0.2, -0.15) is 0 Å². The first kappa shape index (κ1) is 20.3. The van der Waals surface area contributed by atoms with Crippen LogP contribution in [0.25, 0.3) is 6.08 Å². The van der Waals surface area contributed by atoms with Gasteiger partial charge in [-0.3, -0.25) is 9.36 Å².